The molecule has 0 N–H and O–H groups in total. The smallest absolute Gasteiger partial charge is 0.116 e. The van der Waals surface area contributed by atoms with E-state index >= 15 is 0 Å². The molecule has 1 heterocycles. The Morgan fingerprint density at radius 3 is 2.08 bits per heavy atom. The van der Waals surface area contributed by atoms with E-state index in [-0.39, 0.29) is 0 Å². The van der Waals surface area contributed by atoms with Crippen LogP contribution in [0, 0.1) is 0 Å². The van der Waals surface area contributed by atoms with Crippen LogP contribution in [-0.4, -0.2) is 9.97 Å². The Morgan fingerprint density at radius 2 is 1.46 bits per heavy atom. The Labute approximate surface area is 156 Å². The topological polar surface area (TPSA) is 25.8 Å². The first kappa shape index (κ1) is 19.1. The minimum atomic E-state index is 0.873. The van der Waals surface area contributed by atoms with Gasteiger partial charge >= 0.3 is 0 Å². The first-order valence-corrected chi connectivity index (χ1v) is 8.57. The molecule has 0 radical (unpaired) electrons. The standard InChI is InChI=1S/C24H24N2/c1-5-9-19(10-6-2)20-13-15-22(16-14-20)24-17-23(25-18-26-24)21(11-7-3)12-8-4/h5-18H,1,3H2,2,4H3/b10-6-,12-8-,19-9+,21-11+. The Balaban J connectivity index is 2.39. The lowest BCUT2D eigenvalue weighted by Gasteiger charge is -2.07. The van der Waals surface area contributed by atoms with Gasteiger partial charge in [-0.1, -0.05) is 86.0 Å². The van der Waals surface area contributed by atoms with Crippen molar-refractivity contribution in [3.05, 3.63) is 110 Å². The SMILES string of the molecule is C=C/C=C(\C=C/C)c1ccc(-c2cc(C(/C=C\C)=C/C=C)ncn2)cc1. The zero-order valence-electron chi connectivity index (χ0n) is 15.4. The summed E-state index contributed by atoms with van der Waals surface area (Å²) in [5.41, 5.74) is 6.09. The number of hydrogen-bond donors (Lipinski definition) is 0. The summed E-state index contributed by atoms with van der Waals surface area (Å²) in [6.45, 7) is 11.5. The fourth-order valence-corrected chi connectivity index (χ4v) is 2.59. The monoisotopic (exact) mass is 340 g/mol. The van der Waals surface area contributed by atoms with Crippen molar-refractivity contribution in [3.63, 3.8) is 0 Å². The lowest BCUT2D eigenvalue weighted by molar-refractivity contribution is 1.15. The second kappa shape index (κ2) is 9.90. The summed E-state index contributed by atoms with van der Waals surface area (Å²) < 4.78 is 0. The van der Waals surface area contributed by atoms with Crippen molar-refractivity contribution >= 4 is 11.1 Å². The molecule has 0 atom stereocenters. The molecule has 2 rings (SSSR count). The van der Waals surface area contributed by atoms with Crippen LogP contribution in [0.4, 0.5) is 0 Å². The van der Waals surface area contributed by atoms with Crippen LogP contribution in [0.1, 0.15) is 25.1 Å². The molecule has 0 bridgehead atoms. The van der Waals surface area contributed by atoms with Crippen molar-refractivity contribution in [1.29, 1.82) is 0 Å². The minimum Gasteiger partial charge on any atom is -0.236 e. The average Bonchev–Trinajstić information content (AvgIpc) is 2.68. The van der Waals surface area contributed by atoms with Gasteiger partial charge in [0.05, 0.1) is 11.4 Å². The maximum Gasteiger partial charge on any atom is 0.116 e. The third-order valence-corrected chi connectivity index (χ3v) is 3.76. The van der Waals surface area contributed by atoms with E-state index in [1.54, 1.807) is 18.5 Å². The predicted octanol–water partition coefficient (Wildman–Crippen LogP) is 6.43. The zero-order valence-corrected chi connectivity index (χ0v) is 15.4. The lowest BCUT2D eigenvalue weighted by Crippen LogP contribution is -1.92. The molecule has 0 saturated heterocycles. The highest BCUT2D eigenvalue weighted by Crippen LogP contribution is 2.24. The Hall–Kier alpha value is -3.26. The van der Waals surface area contributed by atoms with Crippen LogP contribution in [0.5, 0.6) is 0 Å². The van der Waals surface area contributed by atoms with Gasteiger partial charge in [-0.15, -0.1) is 0 Å². The van der Waals surface area contributed by atoms with Crippen molar-refractivity contribution in [3.8, 4) is 11.3 Å². The normalized spacial score (nSPS) is 12.7. The molecule has 0 aliphatic rings. The third-order valence-electron chi connectivity index (χ3n) is 3.76. The predicted molar refractivity (Wildman–Crippen MR) is 113 cm³/mol. The van der Waals surface area contributed by atoms with E-state index in [9.17, 15) is 0 Å². The number of nitrogens with zero attached hydrogens (tertiary/aromatic N) is 2. The van der Waals surface area contributed by atoms with E-state index in [4.69, 9.17) is 0 Å². The molecule has 0 aliphatic heterocycles. The third kappa shape index (κ3) is 4.87. The fraction of sp³-hybridized carbons (Fsp3) is 0.0833. The van der Waals surface area contributed by atoms with Gasteiger partial charge in [0, 0.05) is 5.56 Å². The van der Waals surface area contributed by atoms with Gasteiger partial charge in [0.25, 0.3) is 0 Å². The maximum absolute atomic E-state index is 4.43. The van der Waals surface area contributed by atoms with Crippen molar-refractivity contribution in [2.45, 2.75) is 13.8 Å². The first-order valence-electron chi connectivity index (χ1n) is 8.57. The molecular weight excluding hydrogens is 316 g/mol. The van der Waals surface area contributed by atoms with Crippen molar-refractivity contribution < 1.29 is 0 Å². The molecule has 0 spiro atoms. The average molecular weight is 340 g/mol. The molecule has 2 aromatic rings. The van der Waals surface area contributed by atoms with Crippen LogP contribution in [-0.2, 0) is 0 Å². The van der Waals surface area contributed by atoms with E-state index in [0.717, 1.165) is 33.7 Å². The molecule has 2 nitrogen and oxygen atoms in total. The molecule has 130 valence electrons. The molecule has 2 heteroatoms. The van der Waals surface area contributed by atoms with Gasteiger partial charge in [0.1, 0.15) is 6.33 Å². The lowest BCUT2D eigenvalue weighted by atomic mass is 10.0. The van der Waals surface area contributed by atoms with Gasteiger partial charge in [-0.3, -0.25) is 0 Å². The summed E-state index contributed by atoms with van der Waals surface area (Å²) in [4.78, 5) is 8.82. The van der Waals surface area contributed by atoms with Gasteiger partial charge in [-0.05, 0) is 36.6 Å². The second-order valence-electron chi connectivity index (χ2n) is 5.58. The summed E-state index contributed by atoms with van der Waals surface area (Å²) in [6, 6.07) is 10.3. The number of rotatable bonds is 7. The van der Waals surface area contributed by atoms with E-state index in [2.05, 4.69) is 53.5 Å². The first-order chi connectivity index (χ1) is 12.7. The van der Waals surface area contributed by atoms with Crippen LogP contribution < -0.4 is 0 Å². The van der Waals surface area contributed by atoms with Crippen LogP contribution >= 0.6 is 0 Å². The van der Waals surface area contributed by atoms with E-state index in [1.165, 1.54) is 0 Å². The molecule has 0 unspecified atom stereocenters. The summed E-state index contributed by atoms with van der Waals surface area (Å²) in [7, 11) is 0. The van der Waals surface area contributed by atoms with Gasteiger partial charge in [0.15, 0.2) is 0 Å². The van der Waals surface area contributed by atoms with E-state index in [1.807, 2.05) is 50.3 Å². The van der Waals surface area contributed by atoms with Gasteiger partial charge in [-0.25, -0.2) is 9.97 Å². The summed E-state index contributed by atoms with van der Waals surface area (Å²) in [5.74, 6) is 0. The minimum absolute atomic E-state index is 0.873. The van der Waals surface area contributed by atoms with Crippen LogP contribution in [0.25, 0.3) is 22.4 Å². The van der Waals surface area contributed by atoms with Crippen molar-refractivity contribution in [2.75, 3.05) is 0 Å². The Bertz CT molecular complexity index is 879. The molecular formula is C24H24N2. The molecule has 0 amide bonds. The number of hydrogen-bond acceptors (Lipinski definition) is 2. The number of aromatic nitrogens is 2. The quantitative estimate of drug-likeness (QED) is 0.542. The summed E-state index contributed by atoms with van der Waals surface area (Å²) >= 11 is 0. The van der Waals surface area contributed by atoms with E-state index in [0.29, 0.717) is 0 Å². The molecule has 0 fully saturated rings. The van der Waals surface area contributed by atoms with Gasteiger partial charge in [0.2, 0.25) is 0 Å². The zero-order chi connectivity index (χ0) is 18.8. The van der Waals surface area contributed by atoms with Gasteiger partial charge < -0.3 is 0 Å². The number of allylic oxidation sites excluding steroid dienone is 10. The highest BCUT2D eigenvalue weighted by atomic mass is 14.8. The second-order valence-corrected chi connectivity index (χ2v) is 5.58. The molecule has 1 aromatic carbocycles. The highest BCUT2D eigenvalue weighted by Gasteiger charge is 2.05. The van der Waals surface area contributed by atoms with Gasteiger partial charge in [-0.2, -0.15) is 0 Å². The Morgan fingerprint density at radius 1 is 0.846 bits per heavy atom. The summed E-state index contributed by atoms with van der Waals surface area (Å²) in [5, 5.41) is 0. The van der Waals surface area contributed by atoms with Crippen LogP contribution in [0.15, 0.2) is 98.4 Å². The van der Waals surface area contributed by atoms with Crippen molar-refractivity contribution in [1.82, 2.24) is 9.97 Å². The molecule has 0 saturated carbocycles. The van der Waals surface area contributed by atoms with E-state index < -0.39 is 0 Å². The highest BCUT2D eigenvalue weighted by molar-refractivity contribution is 5.78. The summed E-state index contributed by atoms with van der Waals surface area (Å²) in [6.07, 6.45) is 17.2. The Kier molecular flexibility index (Phi) is 7.26. The molecule has 26 heavy (non-hydrogen) atoms. The van der Waals surface area contributed by atoms with Crippen LogP contribution in [0.2, 0.25) is 0 Å². The van der Waals surface area contributed by atoms with Crippen molar-refractivity contribution in [2.24, 2.45) is 0 Å². The number of benzene rings is 1. The fourth-order valence-electron chi connectivity index (χ4n) is 2.59. The molecule has 1 aromatic heterocycles. The maximum atomic E-state index is 4.43. The van der Waals surface area contributed by atoms with Crippen LogP contribution in [0.3, 0.4) is 0 Å². The largest absolute Gasteiger partial charge is 0.236 e. The molecule has 0 aliphatic carbocycles.